The van der Waals surface area contributed by atoms with Crippen molar-refractivity contribution in [3.63, 3.8) is 0 Å². The number of hydrogen-bond donors (Lipinski definition) is 1. The van der Waals surface area contributed by atoms with Crippen molar-refractivity contribution in [2.24, 2.45) is 0 Å². The molecule has 18 heavy (non-hydrogen) atoms. The maximum absolute atomic E-state index is 10.8. The van der Waals surface area contributed by atoms with Crippen LogP contribution in [0.1, 0.15) is 17.0 Å². The van der Waals surface area contributed by atoms with Crippen molar-refractivity contribution in [3.8, 4) is 0 Å². The highest BCUT2D eigenvalue weighted by Crippen LogP contribution is 2.25. The number of nitro benzene ring substituents is 1. The zero-order valence-electron chi connectivity index (χ0n) is 10.1. The Hall–Kier alpha value is -2.37. The molecule has 0 radical (unpaired) electrons. The second kappa shape index (κ2) is 4.87. The predicted molar refractivity (Wildman–Crippen MR) is 66.4 cm³/mol. The first-order chi connectivity index (χ1) is 8.58. The fraction of sp³-hybridized carbons (Fsp3) is 0.250. The summed E-state index contributed by atoms with van der Waals surface area (Å²) < 4.78 is 4.95. The van der Waals surface area contributed by atoms with Crippen LogP contribution < -0.4 is 5.32 Å². The SMILES string of the molecule is Cc1cc(CNc2cccc([N+](=O)[O-])c2C)no1. The maximum atomic E-state index is 10.8. The fourth-order valence-corrected chi connectivity index (χ4v) is 1.70. The summed E-state index contributed by atoms with van der Waals surface area (Å²) in [6.45, 7) is 4.00. The lowest BCUT2D eigenvalue weighted by Gasteiger charge is -2.07. The van der Waals surface area contributed by atoms with Gasteiger partial charge in [0, 0.05) is 23.4 Å². The van der Waals surface area contributed by atoms with Gasteiger partial charge in [-0.2, -0.15) is 0 Å². The number of aromatic nitrogens is 1. The standard InChI is InChI=1S/C12H13N3O3/c1-8-6-10(14-18-8)7-13-11-4-3-5-12(9(11)2)15(16)17/h3-6,13H,7H2,1-2H3. The van der Waals surface area contributed by atoms with Crippen LogP contribution in [0.15, 0.2) is 28.8 Å². The fourth-order valence-electron chi connectivity index (χ4n) is 1.70. The molecule has 0 amide bonds. The molecular weight excluding hydrogens is 234 g/mol. The van der Waals surface area contributed by atoms with Crippen LogP contribution in [0.4, 0.5) is 11.4 Å². The number of nitrogens with zero attached hydrogens (tertiary/aromatic N) is 2. The van der Waals surface area contributed by atoms with Gasteiger partial charge in [-0.25, -0.2) is 0 Å². The number of nitro groups is 1. The minimum atomic E-state index is -0.388. The average molecular weight is 247 g/mol. The molecule has 0 spiro atoms. The molecule has 0 aliphatic carbocycles. The number of rotatable bonds is 4. The van der Waals surface area contributed by atoms with E-state index in [9.17, 15) is 10.1 Å². The Morgan fingerprint density at radius 2 is 2.22 bits per heavy atom. The van der Waals surface area contributed by atoms with E-state index >= 15 is 0 Å². The second-order valence-electron chi connectivity index (χ2n) is 3.99. The Labute approximate surface area is 104 Å². The van der Waals surface area contributed by atoms with Crippen LogP contribution >= 0.6 is 0 Å². The third-order valence-electron chi connectivity index (χ3n) is 2.64. The van der Waals surface area contributed by atoms with Crippen LogP contribution in [0.25, 0.3) is 0 Å². The maximum Gasteiger partial charge on any atom is 0.274 e. The number of benzene rings is 1. The molecule has 1 heterocycles. The smallest absolute Gasteiger partial charge is 0.274 e. The third kappa shape index (κ3) is 2.48. The monoisotopic (exact) mass is 247 g/mol. The second-order valence-corrected chi connectivity index (χ2v) is 3.99. The van der Waals surface area contributed by atoms with Gasteiger partial charge in [0.2, 0.25) is 0 Å². The molecule has 1 aromatic carbocycles. The number of anilines is 1. The van der Waals surface area contributed by atoms with Gasteiger partial charge in [-0.3, -0.25) is 10.1 Å². The molecule has 6 heteroatoms. The Bertz CT molecular complexity index is 578. The lowest BCUT2D eigenvalue weighted by molar-refractivity contribution is -0.385. The summed E-state index contributed by atoms with van der Waals surface area (Å²) >= 11 is 0. The molecule has 6 nitrogen and oxygen atoms in total. The van der Waals surface area contributed by atoms with Gasteiger partial charge >= 0.3 is 0 Å². The summed E-state index contributed by atoms with van der Waals surface area (Å²) in [4.78, 5) is 10.4. The molecule has 2 rings (SSSR count). The molecular formula is C12H13N3O3. The van der Waals surface area contributed by atoms with Gasteiger partial charge < -0.3 is 9.84 Å². The van der Waals surface area contributed by atoms with Crippen LogP contribution in [-0.4, -0.2) is 10.1 Å². The van der Waals surface area contributed by atoms with Gasteiger partial charge in [0.15, 0.2) is 0 Å². The summed E-state index contributed by atoms with van der Waals surface area (Å²) in [5.41, 5.74) is 2.21. The van der Waals surface area contributed by atoms with Gasteiger partial charge in [0.05, 0.1) is 11.5 Å². The minimum Gasteiger partial charge on any atom is -0.379 e. The zero-order chi connectivity index (χ0) is 13.1. The molecule has 0 aliphatic heterocycles. The van der Waals surface area contributed by atoms with E-state index in [2.05, 4.69) is 10.5 Å². The van der Waals surface area contributed by atoms with E-state index in [1.54, 1.807) is 19.1 Å². The Balaban J connectivity index is 2.14. The molecule has 1 aromatic heterocycles. The van der Waals surface area contributed by atoms with Crippen LogP contribution in [-0.2, 0) is 6.54 Å². The highest BCUT2D eigenvalue weighted by atomic mass is 16.6. The van der Waals surface area contributed by atoms with Gasteiger partial charge in [-0.05, 0) is 19.9 Å². The average Bonchev–Trinajstić information content (AvgIpc) is 2.73. The van der Waals surface area contributed by atoms with E-state index in [-0.39, 0.29) is 10.6 Å². The minimum absolute atomic E-state index is 0.108. The van der Waals surface area contributed by atoms with E-state index in [4.69, 9.17) is 4.52 Å². The van der Waals surface area contributed by atoms with Crippen molar-refractivity contribution in [2.45, 2.75) is 20.4 Å². The molecule has 0 unspecified atom stereocenters. The molecule has 0 atom stereocenters. The Morgan fingerprint density at radius 1 is 1.44 bits per heavy atom. The Morgan fingerprint density at radius 3 is 2.83 bits per heavy atom. The summed E-state index contributed by atoms with van der Waals surface area (Å²) in [6, 6.07) is 6.76. The van der Waals surface area contributed by atoms with Gasteiger partial charge in [0.1, 0.15) is 11.5 Å². The van der Waals surface area contributed by atoms with Crippen molar-refractivity contribution in [1.29, 1.82) is 0 Å². The topological polar surface area (TPSA) is 81.2 Å². The lowest BCUT2D eigenvalue weighted by Crippen LogP contribution is -2.02. The van der Waals surface area contributed by atoms with E-state index in [0.29, 0.717) is 12.1 Å². The molecule has 1 N–H and O–H groups in total. The van der Waals surface area contributed by atoms with Crippen molar-refractivity contribution in [2.75, 3.05) is 5.32 Å². The molecule has 0 fully saturated rings. The molecule has 0 bridgehead atoms. The van der Waals surface area contributed by atoms with E-state index in [1.165, 1.54) is 6.07 Å². The molecule has 0 saturated carbocycles. The number of aryl methyl sites for hydroxylation is 1. The zero-order valence-corrected chi connectivity index (χ0v) is 10.1. The highest BCUT2D eigenvalue weighted by Gasteiger charge is 2.13. The van der Waals surface area contributed by atoms with E-state index in [0.717, 1.165) is 17.1 Å². The summed E-state index contributed by atoms with van der Waals surface area (Å²) in [7, 11) is 0. The largest absolute Gasteiger partial charge is 0.379 e. The lowest BCUT2D eigenvalue weighted by atomic mass is 10.1. The first-order valence-electron chi connectivity index (χ1n) is 5.48. The first-order valence-corrected chi connectivity index (χ1v) is 5.48. The van der Waals surface area contributed by atoms with Crippen LogP contribution in [0.5, 0.6) is 0 Å². The predicted octanol–water partition coefficient (Wildman–Crippen LogP) is 2.81. The van der Waals surface area contributed by atoms with Gasteiger partial charge in [-0.1, -0.05) is 11.2 Å². The number of hydrogen-bond acceptors (Lipinski definition) is 5. The van der Waals surface area contributed by atoms with Crippen LogP contribution in [0.3, 0.4) is 0 Å². The molecule has 0 aliphatic rings. The summed E-state index contributed by atoms with van der Waals surface area (Å²) in [6.07, 6.45) is 0. The van der Waals surface area contributed by atoms with Crippen LogP contribution in [0.2, 0.25) is 0 Å². The summed E-state index contributed by atoms with van der Waals surface area (Å²) in [5, 5.41) is 17.8. The normalized spacial score (nSPS) is 10.3. The van der Waals surface area contributed by atoms with Crippen molar-refractivity contribution in [1.82, 2.24) is 5.16 Å². The quantitative estimate of drug-likeness (QED) is 0.663. The Kier molecular flexibility index (Phi) is 3.27. The van der Waals surface area contributed by atoms with Gasteiger partial charge in [0.25, 0.3) is 5.69 Å². The highest BCUT2D eigenvalue weighted by molar-refractivity contribution is 5.59. The third-order valence-corrected chi connectivity index (χ3v) is 2.64. The van der Waals surface area contributed by atoms with Crippen molar-refractivity contribution < 1.29 is 9.45 Å². The first kappa shape index (κ1) is 12.1. The number of nitrogens with one attached hydrogen (secondary N) is 1. The van der Waals surface area contributed by atoms with Crippen molar-refractivity contribution in [3.05, 3.63) is 51.4 Å². The van der Waals surface area contributed by atoms with E-state index < -0.39 is 0 Å². The molecule has 0 saturated heterocycles. The molecule has 94 valence electrons. The van der Waals surface area contributed by atoms with Crippen molar-refractivity contribution >= 4 is 11.4 Å². The summed E-state index contributed by atoms with van der Waals surface area (Å²) in [5.74, 6) is 0.738. The molecule has 2 aromatic rings. The van der Waals surface area contributed by atoms with E-state index in [1.807, 2.05) is 13.0 Å². The van der Waals surface area contributed by atoms with Crippen LogP contribution in [0, 0.1) is 24.0 Å². The van der Waals surface area contributed by atoms with Gasteiger partial charge in [-0.15, -0.1) is 0 Å².